The Morgan fingerprint density at radius 3 is 2.27 bits per heavy atom. The molecule has 3 rings (SSSR count). The van der Waals surface area contributed by atoms with Crippen molar-refractivity contribution in [3.8, 4) is 6.07 Å². The first-order chi connectivity index (χ1) is 19.8. The summed E-state index contributed by atoms with van der Waals surface area (Å²) >= 11 is 0. The molecule has 0 aliphatic rings. The van der Waals surface area contributed by atoms with Crippen molar-refractivity contribution in [2.24, 2.45) is 4.99 Å². The van der Waals surface area contributed by atoms with Crippen LogP contribution < -0.4 is 10.6 Å². The predicted octanol–water partition coefficient (Wildman–Crippen LogP) is 10.6. The van der Waals surface area contributed by atoms with Gasteiger partial charge in [-0.1, -0.05) is 76.8 Å². The van der Waals surface area contributed by atoms with Gasteiger partial charge in [0.2, 0.25) is 0 Å². The van der Waals surface area contributed by atoms with E-state index < -0.39 is 0 Å². The molecule has 4 nitrogen and oxygen atoms in total. The molecule has 5 heteroatoms. The van der Waals surface area contributed by atoms with Gasteiger partial charge < -0.3 is 10.6 Å². The molecule has 41 heavy (non-hydrogen) atoms. The highest BCUT2D eigenvalue weighted by Gasteiger charge is 2.07. The van der Waals surface area contributed by atoms with E-state index in [4.69, 9.17) is 5.26 Å². The van der Waals surface area contributed by atoms with Crippen LogP contribution in [0, 0.1) is 31.0 Å². The third kappa shape index (κ3) is 13.0. The maximum Gasteiger partial charge on any atom is 0.149 e. The van der Waals surface area contributed by atoms with Crippen molar-refractivity contribution < 1.29 is 4.39 Å². The molecule has 0 heterocycles. The molecule has 3 aromatic carbocycles. The van der Waals surface area contributed by atoms with E-state index in [9.17, 15) is 4.39 Å². The van der Waals surface area contributed by atoms with Crippen molar-refractivity contribution in [3.63, 3.8) is 0 Å². The highest BCUT2D eigenvalue weighted by atomic mass is 19.1. The zero-order chi connectivity index (χ0) is 31.2. The number of aliphatic imine (C=N–C) groups is 1. The highest BCUT2D eigenvalue weighted by Crippen LogP contribution is 2.27. The number of halogens is 1. The van der Waals surface area contributed by atoms with Gasteiger partial charge >= 0.3 is 0 Å². The zero-order valence-corrected chi connectivity index (χ0v) is 26.1. The minimum Gasteiger partial charge on any atom is -0.386 e. The number of allylic oxidation sites excluding steroid dienone is 3. The van der Waals surface area contributed by atoms with Gasteiger partial charge in [-0.2, -0.15) is 5.26 Å². The van der Waals surface area contributed by atoms with Crippen molar-refractivity contribution in [1.82, 2.24) is 0 Å². The largest absolute Gasteiger partial charge is 0.386 e. The minimum atomic E-state index is -0.287. The smallest absolute Gasteiger partial charge is 0.149 e. The summed E-state index contributed by atoms with van der Waals surface area (Å²) in [6.07, 6.45) is 8.92. The number of hydrogen-bond acceptors (Lipinski definition) is 4. The number of nitriles is 1. The van der Waals surface area contributed by atoms with E-state index >= 15 is 0 Å². The van der Waals surface area contributed by atoms with Gasteiger partial charge in [-0.25, -0.2) is 4.39 Å². The summed E-state index contributed by atoms with van der Waals surface area (Å²) in [7, 11) is 1.91. The van der Waals surface area contributed by atoms with Gasteiger partial charge in [-0.3, -0.25) is 4.99 Å². The summed E-state index contributed by atoms with van der Waals surface area (Å²) in [4.78, 5) is 4.01. The lowest BCUT2D eigenvalue weighted by Gasteiger charge is -2.08. The molecule has 2 N–H and O–H groups in total. The summed E-state index contributed by atoms with van der Waals surface area (Å²) in [5, 5.41) is 14.9. The fraction of sp³-hybridized carbons (Fsp3) is 0.278. The molecule has 0 bridgehead atoms. The van der Waals surface area contributed by atoms with Crippen LogP contribution in [0.4, 0.5) is 21.5 Å². The Morgan fingerprint density at radius 2 is 1.73 bits per heavy atom. The molecule has 0 unspecified atom stereocenters. The second-order valence-electron chi connectivity index (χ2n) is 8.76. The van der Waals surface area contributed by atoms with Gasteiger partial charge in [0.05, 0.1) is 23.0 Å². The minimum absolute atomic E-state index is 0.287. The van der Waals surface area contributed by atoms with Crippen LogP contribution in [0.1, 0.15) is 68.9 Å². The average molecular weight is 555 g/mol. The van der Waals surface area contributed by atoms with E-state index in [-0.39, 0.29) is 5.82 Å². The second kappa shape index (κ2) is 21.4. The molecular formula is C36H47FN4. The van der Waals surface area contributed by atoms with Gasteiger partial charge in [0.15, 0.2) is 0 Å². The molecule has 0 fully saturated rings. The number of aryl methyl sites for hydroxylation is 3. The topological polar surface area (TPSA) is 60.2 Å². The molecule has 0 radical (unpaired) electrons. The number of rotatable bonds is 8. The Balaban J connectivity index is 0.000000578. The Hall–Kier alpha value is -4.43. The summed E-state index contributed by atoms with van der Waals surface area (Å²) < 4.78 is 13.7. The Kier molecular flexibility index (Phi) is 19.1. The molecule has 0 aliphatic carbocycles. The maximum absolute atomic E-state index is 13.7. The normalized spacial score (nSPS) is 10.0. The summed E-state index contributed by atoms with van der Waals surface area (Å²) in [5.74, 6) is -0.287. The first kappa shape index (κ1) is 36.6. The van der Waals surface area contributed by atoms with E-state index in [1.807, 2.05) is 77.2 Å². The van der Waals surface area contributed by atoms with Crippen molar-refractivity contribution in [3.05, 3.63) is 120 Å². The summed E-state index contributed by atoms with van der Waals surface area (Å²) in [6.45, 7) is 21.0. The van der Waals surface area contributed by atoms with Gasteiger partial charge in [0.25, 0.3) is 0 Å². The molecule has 0 amide bonds. The van der Waals surface area contributed by atoms with E-state index in [1.165, 1.54) is 11.6 Å². The third-order valence-electron chi connectivity index (χ3n) is 5.69. The SMILES string of the molecule is C=C/C=C(\C)c1cc(C)c(N=CC)c(F)c1.C=CNc1ccc(C)cc1NC.CC.CCCc1ccccc1C#N. The van der Waals surface area contributed by atoms with Crippen molar-refractivity contribution in [2.45, 2.75) is 61.3 Å². The van der Waals surface area contributed by atoms with Crippen molar-refractivity contribution in [2.75, 3.05) is 17.7 Å². The quantitative estimate of drug-likeness (QED) is 0.215. The van der Waals surface area contributed by atoms with Crippen LogP contribution in [0.5, 0.6) is 0 Å². The van der Waals surface area contributed by atoms with Crippen LogP contribution in [0.2, 0.25) is 0 Å². The van der Waals surface area contributed by atoms with Gasteiger partial charge in [0.1, 0.15) is 11.5 Å². The van der Waals surface area contributed by atoms with E-state index in [2.05, 4.69) is 60.8 Å². The monoisotopic (exact) mass is 554 g/mol. The van der Waals surface area contributed by atoms with Crippen LogP contribution >= 0.6 is 0 Å². The van der Waals surface area contributed by atoms with Crippen molar-refractivity contribution in [1.29, 1.82) is 5.26 Å². The fourth-order valence-electron chi connectivity index (χ4n) is 3.75. The lowest BCUT2D eigenvalue weighted by atomic mass is 10.0. The van der Waals surface area contributed by atoms with Gasteiger partial charge in [0, 0.05) is 13.3 Å². The number of nitrogens with one attached hydrogen (secondary N) is 2. The summed E-state index contributed by atoms with van der Waals surface area (Å²) in [6, 6.07) is 19.6. The standard InChI is InChI=1S/C14H16FN.C10H14N2.C10H11N.C2H6/c1-5-7-10(3)12-8-11(4)14(16-6-2)13(15)9-12;1-4-12-9-6-5-8(2)7-10(9)11-3;1-2-5-9-6-3-4-7-10(9)8-11;1-2/h5-9H,1H2,2-4H3;4-7,11-12H,1H2,2-3H3;3-4,6-7H,2,5H2,1H3;1-2H3/b10-7+,16-6?;;;. The van der Waals surface area contributed by atoms with E-state index in [1.54, 1.807) is 25.4 Å². The number of anilines is 2. The Morgan fingerprint density at radius 1 is 1.05 bits per heavy atom. The van der Waals surface area contributed by atoms with E-state index in [0.29, 0.717) is 5.69 Å². The number of benzene rings is 3. The molecule has 0 aliphatic heterocycles. The molecule has 0 spiro atoms. The molecule has 218 valence electrons. The van der Waals surface area contributed by atoms with Crippen LogP contribution in [-0.4, -0.2) is 13.3 Å². The third-order valence-corrected chi connectivity index (χ3v) is 5.69. The molecule has 0 aromatic heterocycles. The van der Waals surface area contributed by atoms with Crippen LogP contribution in [0.25, 0.3) is 5.57 Å². The van der Waals surface area contributed by atoms with Crippen LogP contribution in [0.15, 0.2) is 91.1 Å². The predicted molar refractivity (Wildman–Crippen MR) is 180 cm³/mol. The Labute approximate surface area is 248 Å². The number of hydrogen-bond donors (Lipinski definition) is 2. The highest BCUT2D eigenvalue weighted by molar-refractivity contribution is 5.71. The molecule has 3 aromatic rings. The molecular weight excluding hydrogens is 507 g/mol. The van der Waals surface area contributed by atoms with E-state index in [0.717, 1.165) is 52.0 Å². The van der Waals surface area contributed by atoms with Crippen LogP contribution in [-0.2, 0) is 6.42 Å². The average Bonchev–Trinajstić information content (AvgIpc) is 2.98. The van der Waals surface area contributed by atoms with Gasteiger partial charge in [-0.15, -0.1) is 0 Å². The molecule has 0 atom stereocenters. The van der Waals surface area contributed by atoms with Crippen molar-refractivity contribution >= 4 is 28.8 Å². The molecule has 0 saturated heterocycles. The second-order valence-corrected chi connectivity index (χ2v) is 8.76. The molecule has 0 saturated carbocycles. The van der Waals surface area contributed by atoms with Crippen LogP contribution in [0.3, 0.4) is 0 Å². The lowest BCUT2D eigenvalue weighted by Crippen LogP contribution is -1.95. The first-order valence-corrected chi connectivity index (χ1v) is 14.0. The summed E-state index contributed by atoms with van der Waals surface area (Å²) in [5.41, 5.74) is 8.48. The fourth-order valence-corrected chi connectivity index (χ4v) is 3.75. The maximum atomic E-state index is 13.7. The Bertz CT molecular complexity index is 1310. The van der Waals surface area contributed by atoms with Gasteiger partial charge in [-0.05, 0) is 98.5 Å². The zero-order valence-electron chi connectivity index (χ0n) is 26.1. The number of nitrogens with zero attached hydrogens (tertiary/aromatic N) is 2. The first-order valence-electron chi connectivity index (χ1n) is 14.0. The lowest BCUT2D eigenvalue weighted by molar-refractivity contribution is 0.628.